The van der Waals surface area contributed by atoms with E-state index in [4.69, 9.17) is 9.47 Å². The van der Waals surface area contributed by atoms with Crippen molar-refractivity contribution < 1.29 is 20.9 Å². The van der Waals surface area contributed by atoms with Crippen LogP contribution in [0, 0.1) is 0 Å². The van der Waals surface area contributed by atoms with Crippen molar-refractivity contribution in [3.8, 4) is 0 Å². The van der Waals surface area contributed by atoms with Crippen molar-refractivity contribution in [2.75, 3.05) is 13.1 Å². The predicted molar refractivity (Wildman–Crippen MR) is 39.3 cm³/mol. The molecule has 66 valence electrons. The summed E-state index contributed by atoms with van der Waals surface area (Å²) in [5.41, 5.74) is 7.60. The maximum atomic E-state index is 5.58. The molecule has 1 rings (SSSR count). The predicted octanol–water partition coefficient (Wildman–Crippen LogP) is -2.01. The van der Waals surface area contributed by atoms with E-state index in [9.17, 15) is 0 Å². The van der Waals surface area contributed by atoms with E-state index in [1.165, 1.54) is 0 Å². The second-order valence-electron chi connectivity index (χ2n) is 3.29. The Kier molecular flexibility index (Phi) is 2.49. The average molecular weight is 162 g/mol. The summed E-state index contributed by atoms with van der Waals surface area (Å²) >= 11 is 0. The standard InChI is InChI=1S/C7H16N2O2/c1-7(2)10-5(3-8)6(4-9)11-7/h5-6H,3-4,8-9H2,1-2H3/p+2. The fourth-order valence-corrected chi connectivity index (χ4v) is 1.40. The third-order valence-electron chi connectivity index (χ3n) is 1.85. The molecule has 0 aliphatic carbocycles. The Labute approximate surface area is 66.8 Å². The van der Waals surface area contributed by atoms with Gasteiger partial charge in [-0.05, 0) is 13.8 Å². The molecule has 2 atom stereocenters. The molecule has 0 aromatic heterocycles. The quantitative estimate of drug-likeness (QED) is 0.492. The fourth-order valence-electron chi connectivity index (χ4n) is 1.40. The first-order chi connectivity index (χ1) is 5.09. The molecule has 0 radical (unpaired) electrons. The lowest BCUT2D eigenvalue weighted by Crippen LogP contribution is -2.63. The van der Waals surface area contributed by atoms with Crippen molar-refractivity contribution in [1.29, 1.82) is 0 Å². The van der Waals surface area contributed by atoms with Crippen LogP contribution in [0.15, 0.2) is 0 Å². The zero-order valence-corrected chi connectivity index (χ0v) is 7.30. The third kappa shape index (κ3) is 1.90. The minimum atomic E-state index is -0.440. The molecule has 0 spiro atoms. The van der Waals surface area contributed by atoms with Crippen LogP contribution in [0.3, 0.4) is 0 Å². The van der Waals surface area contributed by atoms with Crippen molar-refractivity contribution in [1.82, 2.24) is 0 Å². The molecule has 1 aliphatic heterocycles. The fraction of sp³-hybridized carbons (Fsp3) is 1.00. The van der Waals surface area contributed by atoms with Crippen LogP contribution in [-0.2, 0) is 9.47 Å². The maximum Gasteiger partial charge on any atom is 0.164 e. The van der Waals surface area contributed by atoms with Crippen LogP contribution in [0.4, 0.5) is 0 Å². The van der Waals surface area contributed by atoms with Gasteiger partial charge in [-0.25, -0.2) is 0 Å². The Morgan fingerprint density at radius 2 is 1.45 bits per heavy atom. The monoisotopic (exact) mass is 162 g/mol. The van der Waals surface area contributed by atoms with E-state index in [1.54, 1.807) is 0 Å². The second kappa shape index (κ2) is 3.06. The molecule has 2 unspecified atom stereocenters. The first-order valence-corrected chi connectivity index (χ1v) is 4.03. The zero-order chi connectivity index (χ0) is 8.48. The molecule has 6 N–H and O–H groups in total. The van der Waals surface area contributed by atoms with Gasteiger partial charge in [-0.15, -0.1) is 0 Å². The van der Waals surface area contributed by atoms with Gasteiger partial charge in [-0.1, -0.05) is 0 Å². The van der Waals surface area contributed by atoms with Gasteiger partial charge in [0.2, 0.25) is 0 Å². The van der Waals surface area contributed by atoms with Gasteiger partial charge in [-0.2, -0.15) is 0 Å². The Hall–Kier alpha value is -0.160. The number of hydrogen-bond acceptors (Lipinski definition) is 2. The summed E-state index contributed by atoms with van der Waals surface area (Å²) in [4.78, 5) is 0. The Morgan fingerprint density at radius 3 is 1.73 bits per heavy atom. The normalized spacial score (nSPS) is 36.0. The molecule has 0 bridgehead atoms. The highest BCUT2D eigenvalue weighted by Gasteiger charge is 2.41. The first kappa shape index (κ1) is 8.93. The molecule has 1 saturated heterocycles. The van der Waals surface area contributed by atoms with Gasteiger partial charge in [0, 0.05) is 0 Å². The molecule has 0 amide bonds. The topological polar surface area (TPSA) is 73.7 Å². The van der Waals surface area contributed by atoms with E-state index in [0.717, 1.165) is 13.1 Å². The molecule has 1 aliphatic rings. The lowest BCUT2D eigenvalue weighted by molar-refractivity contribution is -0.404. The minimum absolute atomic E-state index is 0.127. The molecular formula is C7H18N2O2+2. The van der Waals surface area contributed by atoms with Crippen molar-refractivity contribution in [3.05, 3.63) is 0 Å². The second-order valence-corrected chi connectivity index (χ2v) is 3.29. The summed E-state index contributed by atoms with van der Waals surface area (Å²) in [6, 6.07) is 0. The lowest BCUT2D eigenvalue weighted by Gasteiger charge is -2.15. The number of quaternary nitrogens is 2. The summed E-state index contributed by atoms with van der Waals surface area (Å²) in [6.45, 7) is 5.35. The molecule has 1 fully saturated rings. The number of hydrogen-bond donors (Lipinski definition) is 2. The van der Waals surface area contributed by atoms with E-state index >= 15 is 0 Å². The highest BCUT2D eigenvalue weighted by atomic mass is 16.8. The summed E-state index contributed by atoms with van der Waals surface area (Å²) in [6.07, 6.45) is 0.255. The number of rotatable bonds is 2. The van der Waals surface area contributed by atoms with Gasteiger partial charge >= 0.3 is 0 Å². The van der Waals surface area contributed by atoms with Crippen LogP contribution in [-0.4, -0.2) is 31.1 Å². The van der Waals surface area contributed by atoms with Crippen molar-refractivity contribution in [2.45, 2.75) is 31.8 Å². The molecule has 11 heavy (non-hydrogen) atoms. The van der Waals surface area contributed by atoms with Crippen LogP contribution in [0.2, 0.25) is 0 Å². The Balaban J connectivity index is 2.55. The van der Waals surface area contributed by atoms with E-state index in [1.807, 2.05) is 13.8 Å². The maximum absolute atomic E-state index is 5.58. The Morgan fingerprint density at radius 1 is 1.09 bits per heavy atom. The highest BCUT2D eigenvalue weighted by Crippen LogP contribution is 2.26. The van der Waals surface area contributed by atoms with Crippen LogP contribution in [0.1, 0.15) is 13.8 Å². The zero-order valence-electron chi connectivity index (χ0n) is 7.30. The van der Waals surface area contributed by atoms with Gasteiger partial charge in [0.25, 0.3) is 0 Å². The van der Waals surface area contributed by atoms with E-state index in [2.05, 4.69) is 11.5 Å². The van der Waals surface area contributed by atoms with Crippen LogP contribution < -0.4 is 11.5 Å². The molecule has 0 aromatic rings. The van der Waals surface area contributed by atoms with E-state index in [-0.39, 0.29) is 12.2 Å². The van der Waals surface area contributed by atoms with Crippen molar-refractivity contribution in [3.63, 3.8) is 0 Å². The van der Waals surface area contributed by atoms with Gasteiger partial charge < -0.3 is 20.9 Å². The van der Waals surface area contributed by atoms with E-state index < -0.39 is 5.79 Å². The van der Waals surface area contributed by atoms with Crippen molar-refractivity contribution in [2.24, 2.45) is 0 Å². The third-order valence-corrected chi connectivity index (χ3v) is 1.85. The van der Waals surface area contributed by atoms with Crippen LogP contribution in [0.5, 0.6) is 0 Å². The molecule has 0 aromatic carbocycles. The summed E-state index contributed by atoms with van der Waals surface area (Å²) in [7, 11) is 0. The Bertz CT molecular complexity index is 124. The SMILES string of the molecule is CC1(C)OC(C[NH3+])C(C[NH3+])O1. The van der Waals surface area contributed by atoms with Gasteiger partial charge in [-0.3, -0.25) is 0 Å². The molecular weight excluding hydrogens is 144 g/mol. The first-order valence-electron chi connectivity index (χ1n) is 4.03. The molecule has 4 nitrogen and oxygen atoms in total. The van der Waals surface area contributed by atoms with Gasteiger partial charge in [0.15, 0.2) is 5.79 Å². The van der Waals surface area contributed by atoms with Crippen LogP contribution >= 0.6 is 0 Å². The highest BCUT2D eigenvalue weighted by molar-refractivity contribution is 4.79. The molecule has 0 saturated carbocycles. The van der Waals surface area contributed by atoms with Crippen molar-refractivity contribution >= 4 is 0 Å². The number of ether oxygens (including phenoxy) is 2. The van der Waals surface area contributed by atoms with Gasteiger partial charge in [0.05, 0.1) is 0 Å². The molecule has 4 heteroatoms. The minimum Gasteiger partial charge on any atom is -0.355 e. The summed E-state index contributed by atoms with van der Waals surface area (Å²) < 4.78 is 11.2. The smallest absolute Gasteiger partial charge is 0.164 e. The van der Waals surface area contributed by atoms with Gasteiger partial charge in [0.1, 0.15) is 25.3 Å². The summed E-state index contributed by atoms with van der Waals surface area (Å²) in [5.74, 6) is -0.440. The molecule has 1 heterocycles. The largest absolute Gasteiger partial charge is 0.355 e. The van der Waals surface area contributed by atoms with E-state index in [0.29, 0.717) is 0 Å². The summed E-state index contributed by atoms with van der Waals surface area (Å²) in [5, 5.41) is 0. The van der Waals surface area contributed by atoms with Crippen LogP contribution in [0.25, 0.3) is 0 Å². The average Bonchev–Trinajstić information content (AvgIpc) is 2.25. The lowest BCUT2D eigenvalue weighted by atomic mass is 10.2.